The molecule has 6 bridgehead atoms. The molecule has 3 saturated heterocycles. The molecule has 1 amide bonds. The highest BCUT2D eigenvalue weighted by molar-refractivity contribution is 5.83. The third-order valence-electron chi connectivity index (χ3n) is 14.6. The number of aliphatic hydroxyl groups excluding tert-OH is 4. The van der Waals surface area contributed by atoms with E-state index in [1.54, 1.807) is 74.5 Å². The van der Waals surface area contributed by atoms with Crippen molar-refractivity contribution < 1.29 is 78.2 Å². The predicted molar refractivity (Wildman–Crippen MR) is 232 cm³/mol. The van der Waals surface area contributed by atoms with Crippen LogP contribution >= 0.6 is 0 Å². The van der Waals surface area contributed by atoms with Crippen LogP contribution in [0.2, 0.25) is 0 Å². The Bertz CT molecular complexity index is 1620. The number of carbonyl (C=O) groups excluding carboxylic acids is 4. The number of allylic oxidation sites excluding steroid dienone is 1. The molecule has 4 heterocycles. The summed E-state index contributed by atoms with van der Waals surface area (Å²) in [7, 11) is 0. The van der Waals surface area contributed by atoms with Gasteiger partial charge >= 0.3 is 17.9 Å². The van der Waals surface area contributed by atoms with Crippen LogP contribution < -0.4 is 5.32 Å². The van der Waals surface area contributed by atoms with Crippen molar-refractivity contribution in [1.82, 2.24) is 5.32 Å². The van der Waals surface area contributed by atoms with E-state index < -0.39 is 125 Å². The lowest BCUT2D eigenvalue weighted by atomic mass is 9.73. The van der Waals surface area contributed by atoms with Gasteiger partial charge in [0.1, 0.15) is 24.4 Å². The molecule has 17 heteroatoms. The molecule has 0 radical (unpaired) electrons. The molecular formula is C47H79NO16. The number of rotatable bonds is 5. The second-order valence-electron chi connectivity index (χ2n) is 20.6. The number of nitrogens with one attached hydrogen (secondary N) is 1. The van der Waals surface area contributed by atoms with Crippen LogP contribution in [0.4, 0.5) is 0 Å². The maximum atomic E-state index is 13.9. The van der Waals surface area contributed by atoms with E-state index in [0.29, 0.717) is 57.8 Å². The van der Waals surface area contributed by atoms with Gasteiger partial charge in [0.15, 0.2) is 0 Å². The molecule has 0 spiro atoms. The molecular weight excluding hydrogens is 835 g/mol. The fraction of sp³-hybridized carbons (Fsp3) is 0.872. The van der Waals surface area contributed by atoms with Crippen LogP contribution in [0.3, 0.4) is 0 Å². The van der Waals surface area contributed by atoms with E-state index in [1.807, 2.05) is 0 Å². The molecule has 0 aliphatic carbocycles. The largest absolute Gasteiger partial charge is 0.457 e. The molecule has 0 aromatic heterocycles. The minimum Gasteiger partial charge on any atom is -0.457 e. The highest BCUT2D eigenvalue weighted by Crippen LogP contribution is 2.45. The highest BCUT2D eigenvalue weighted by atomic mass is 16.7. The maximum Gasteiger partial charge on any atom is 0.341 e. The Morgan fingerprint density at radius 1 is 0.750 bits per heavy atom. The second-order valence-corrected chi connectivity index (χ2v) is 20.6. The van der Waals surface area contributed by atoms with Crippen LogP contribution in [-0.2, 0) is 47.6 Å². The second kappa shape index (κ2) is 21.9. The Labute approximate surface area is 378 Å². The first kappa shape index (κ1) is 53.9. The van der Waals surface area contributed by atoms with Crippen LogP contribution in [0, 0.1) is 28.6 Å². The molecule has 16 atom stereocenters. The summed E-state index contributed by atoms with van der Waals surface area (Å²) in [5, 5.41) is 72.2. The van der Waals surface area contributed by atoms with Crippen molar-refractivity contribution in [3.8, 4) is 0 Å². The van der Waals surface area contributed by atoms with Crippen molar-refractivity contribution in [2.24, 2.45) is 28.6 Å². The SMILES string of the molecule is CC(=O)NC(C(=O)OC(C)C1C/C=C\CCC(O)C(C)(C)C2CCC(C)C(O)(O2)C(O)C(=O)OC2CC(CCCC(O)C(C)(C)C3CCC(C)C(O)(O3)C(O)C(=O)O1)OC2C)C(C)C. The quantitative estimate of drug-likeness (QED) is 0.118. The van der Waals surface area contributed by atoms with Gasteiger partial charge < -0.3 is 64.4 Å². The Morgan fingerprint density at radius 3 is 1.78 bits per heavy atom. The molecule has 4 aliphatic heterocycles. The zero-order valence-electron chi connectivity index (χ0n) is 39.9. The van der Waals surface area contributed by atoms with Crippen LogP contribution in [0.25, 0.3) is 0 Å². The van der Waals surface area contributed by atoms with E-state index in [2.05, 4.69) is 5.32 Å². The minimum atomic E-state index is -2.40. The first-order chi connectivity index (χ1) is 29.7. The lowest BCUT2D eigenvalue weighted by molar-refractivity contribution is -0.335. The summed E-state index contributed by atoms with van der Waals surface area (Å²) in [6.45, 7) is 18.4. The number of aliphatic hydroxyl groups is 6. The third kappa shape index (κ3) is 12.4. The Morgan fingerprint density at radius 2 is 1.27 bits per heavy atom. The molecule has 0 saturated carbocycles. The summed E-state index contributed by atoms with van der Waals surface area (Å²) in [5.74, 6) is -9.87. The summed E-state index contributed by atoms with van der Waals surface area (Å²) < 4.78 is 35.8. The van der Waals surface area contributed by atoms with E-state index in [1.165, 1.54) is 13.8 Å². The van der Waals surface area contributed by atoms with E-state index >= 15 is 0 Å². The molecule has 64 heavy (non-hydrogen) atoms. The first-order valence-electron chi connectivity index (χ1n) is 23.4. The molecule has 0 aromatic carbocycles. The number of hydrogen-bond acceptors (Lipinski definition) is 16. The molecule has 7 N–H and O–H groups in total. The highest BCUT2D eigenvalue weighted by Gasteiger charge is 2.56. The van der Waals surface area contributed by atoms with Gasteiger partial charge in [0.05, 0.1) is 36.6 Å². The molecule has 368 valence electrons. The minimum absolute atomic E-state index is 0.0221. The predicted octanol–water partition coefficient (Wildman–Crippen LogP) is 3.49. The molecule has 16 unspecified atom stereocenters. The summed E-state index contributed by atoms with van der Waals surface area (Å²) in [6.07, 6.45) is -4.41. The van der Waals surface area contributed by atoms with Gasteiger partial charge in [-0.3, -0.25) is 4.79 Å². The Kier molecular flexibility index (Phi) is 18.4. The molecule has 4 rings (SSSR count). The van der Waals surface area contributed by atoms with Crippen molar-refractivity contribution in [2.45, 2.75) is 232 Å². The Hall–Kier alpha value is -2.74. The van der Waals surface area contributed by atoms with E-state index in [-0.39, 0.29) is 24.9 Å². The fourth-order valence-corrected chi connectivity index (χ4v) is 9.43. The van der Waals surface area contributed by atoms with Gasteiger partial charge in [-0.25, -0.2) is 14.4 Å². The van der Waals surface area contributed by atoms with Crippen LogP contribution in [0.1, 0.15) is 147 Å². The number of hydrogen-bond donors (Lipinski definition) is 7. The van der Waals surface area contributed by atoms with Crippen molar-refractivity contribution >= 4 is 23.8 Å². The zero-order chi connectivity index (χ0) is 48.1. The number of amides is 1. The standard InChI is InChI=1S/C47H79NO16/c1-25(2)38(48-30(7)49)41(54)60-28(5)32-17-13-12-14-18-34(50)44(8,9)36-22-20-27(4)47(58,63-36)40(53)43(56)62-33-24-31(59-29(33)6)16-15-19-35(51)45(10,11)37-23-21-26(3)46(57,64-37)39(52)42(55)61-32/h12-13,25-29,31-40,50-53,57-58H,14-24H2,1-11H3,(H,48,49)/b13-12-. The van der Waals surface area contributed by atoms with Crippen molar-refractivity contribution in [3.63, 3.8) is 0 Å². The van der Waals surface area contributed by atoms with Crippen LogP contribution in [0.15, 0.2) is 12.2 Å². The first-order valence-corrected chi connectivity index (χ1v) is 23.4. The van der Waals surface area contributed by atoms with Gasteiger partial charge in [-0.2, -0.15) is 0 Å². The third-order valence-corrected chi connectivity index (χ3v) is 14.6. The summed E-state index contributed by atoms with van der Waals surface area (Å²) in [6, 6.07) is -0.997. The van der Waals surface area contributed by atoms with E-state index in [4.69, 9.17) is 28.4 Å². The number of esters is 3. The van der Waals surface area contributed by atoms with Gasteiger partial charge in [-0.1, -0.05) is 67.5 Å². The summed E-state index contributed by atoms with van der Waals surface area (Å²) in [4.78, 5) is 52.5. The fourth-order valence-electron chi connectivity index (χ4n) is 9.43. The van der Waals surface area contributed by atoms with Crippen molar-refractivity contribution in [1.29, 1.82) is 0 Å². The zero-order valence-corrected chi connectivity index (χ0v) is 39.9. The lowest BCUT2D eigenvalue weighted by Crippen LogP contribution is -2.61. The molecule has 4 aliphatic rings. The van der Waals surface area contributed by atoms with E-state index in [0.717, 1.165) is 0 Å². The van der Waals surface area contributed by atoms with Crippen molar-refractivity contribution in [3.05, 3.63) is 12.2 Å². The normalized spacial score (nSPS) is 41.0. The maximum absolute atomic E-state index is 13.9. The number of cyclic esters (lactones) is 1. The van der Waals surface area contributed by atoms with Crippen LogP contribution in [-0.4, -0.2) is 139 Å². The lowest BCUT2D eigenvalue weighted by Gasteiger charge is -2.49. The number of ether oxygens (including phenoxy) is 6. The smallest absolute Gasteiger partial charge is 0.341 e. The molecule has 0 aromatic rings. The summed E-state index contributed by atoms with van der Waals surface area (Å²) >= 11 is 0. The van der Waals surface area contributed by atoms with Gasteiger partial charge in [0.25, 0.3) is 0 Å². The van der Waals surface area contributed by atoms with E-state index in [9.17, 15) is 49.8 Å². The van der Waals surface area contributed by atoms with Crippen LogP contribution in [0.5, 0.6) is 0 Å². The van der Waals surface area contributed by atoms with Crippen molar-refractivity contribution in [2.75, 3.05) is 0 Å². The average Bonchev–Trinajstić information content (AvgIpc) is 3.57. The van der Waals surface area contributed by atoms with Gasteiger partial charge in [-0.05, 0) is 77.6 Å². The monoisotopic (exact) mass is 914 g/mol. The number of fused-ring (bicyclic) bond motifs is 6. The van der Waals surface area contributed by atoms with Gasteiger partial charge in [0.2, 0.25) is 29.7 Å². The number of carbonyl (C=O) groups is 4. The molecule has 3 fully saturated rings. The Balaban J connectivity index is 1.63. The topological polar surface area (TPSA) is 257 Å². The summed E-state index contributed by atoms with van der Waals surface area (Å²) in [5.41, 5.74) is -1.93. The van der Waals surface area contributed by atoms with Gasteiger partial charge in [0, 0.05) is 42.4 Å². The average molecular weight is 914 g/mol. The molecule has 17 nitrogen and oxygen atoms in total. The van der Waals surface area contributed by atoms with Gasteiger partial charge in [-0.15, -0.1) is 0 Å².